The van der Waals surface area contributed by atoms with Crippen molar-refractivity contribution in [2.75, 3.05) is 14.1 Å². The molecule has 6 nitrogen and oxygen atoms in total. The highest BCUT2D eigenvalue weighted by atomic mass is 35.5. The lowest BCUT2D eigenvalue weighted by molar-refractivity contribution is -0.120. The van der Waals surface area contributed by atoms with E-state index >= 15 is 0 Å². The molecule has 2 aromatic heterocycles. The van der Waals surface area contributed by atoms with E-state index in [2.05, 4.69) is 27.8 Å². The van der Waals surface area contributed by atoms with Crippen molar-refractivity contribution in [1.29, 1.82) is 0 Å². The maximum Gasteiger partial charge on any atom is 0.219 e. The van der Waals surface area contributed by atoms with Crippen molar-refractivity contribution in [3.8, 4) is 5.75 Å². The van der Waals surface area contributed by atoms with Gasteiger partial charge in [-0.1, -0.05) is 43.3 Å². The van der Waals surface area contributed by atoms with Gasteiger partial charge in [0.15, 0.2) is 0 Å². The highest BCUT2D eigenvalue weighted by molar-refractivity contribution is 6.31. The van der Waals surface area contributed by atoms with Crippen molar-refractivity contribution in [3.05, 3.63) is 82.8 Å². The number of fused-ring (bicyclic) bond motifs is 1. The summed E-state index contributed by atoms with van der Waals surface area (Å²) < 4.78 is 6.23. The maximum atomic E-state index is 11.7. The Morgan fingerprint density at radius 2 is 2.09 bits per heavy atom. The zero-order valence-electron chi connectivity index (χ0n) is 19.5. The number of benzene rings is 1. The molecule has 0 aliphatic rings. The third kappa shape index (κ3) is 5.71. The molecule has 0 radical (unpaired) electrons. The van der Waals surface area contributed by atoms with E-state index in [4.69, 9.17) is 21.3 Å². The van der Waals surface area contributed by atoms with E-state index < -0.39 is 0 Å². The number of pyridine rings is 2. The summed E-state index contributed by atoms with van der Waals surface area (Å²) in [6.07, 6.45) is 7.46. The van der Waals surface area contributed by atoms with Crippen molar-refractivity contribution in [3.63, 3.8) is 0 Å². The van der Waals surface area contributed by atoms with E-state index in [-0.39, 0.29) is 12.5 Å². The number of hydrogen-bond acceptors (Lipinski definition) is 5. The SMILES string of the molecule is C=C/C=C(/c1cc(C)nc2c(OCc3c(Cl)cncc3CNC(=O)CC)cccc12)N(C)C. The normalized spacial score (nSPS) is 11.4. The Morgan fingerprint density at radius 1 is 1.30 bits per heavy atom. The first-order valence-electron chi connectivity index (χ1n) is 10.8. The van der Waals surface area contributed by atoms with Crippen LogP contribution in [-0.2, 0) is 17.9 Å². The summed E-state index contributed by atoms with van der Waals surface area (Å²) in [7, 11) is 4.00. The molecule has 0 saturated heterocycles. The number of rotatable bonds is 9. The Balaban J connectivity index is 1.98. The second kappa shape index (κ2) is 11.0. The van der Waals surface area contributed by atoms with Gasteiger partial charge in [0.05, 0.1) is 5.02 Å². The number of ether oxygens (including phenoxy) is 1. The number of aryl methyl sites for hydroxylation is 1. The number of carbonyl (C=O) groups excluding carboxylic acids is 1. The number of amides is 1. The number of hydrogen-bond donors (Lipinski definition) is 1. The summed E-state index contributed by atoms with van der Waals surface area (Å²) in [5.41, 5.74) is 5.35. The van der Waals surface area contributed by atoms with E-state index in [1.165, 1.54) is 0 Å². The lowest BCUT2D eigenvalue weighted by Crippen LogP contribution is -2.22. The number of carbonyl (C=O) groups is 1. The molecular formula is C26H29ClN4O2. The molecule has 0 unspecified atom stereocenters. The van der Waals surface area contributed by atoms with Crippen LogP contribution in [0.3, 0.4) is 0 Å². The molecule has 1 amide bonds. The van der Waals surface area contributed by atoms with Gasteiger partial charge in [-0.05, 0) is 30.7 Å². The number of allylic oxidation sites excluding steroid dienone is 2. The quantitative estimate of drug-likeness (QED) is 0.436. The predicted molar refractivity (Wildman–Crippen MR) is 134 cm³/mol. The van der Waals surface area contributed by atoms with Crippen molar-refractivity contribution >= 4 is 34.1 Å². The van der Waals surface area contributed by atoms with Gasteiger partial charge in [-0.2, -0.15) is 0 Å². The van der Waals surface area contributed by atoms with Crippen LogP contribution in [0.15, 0.2) is 55.4 Å². The number of para-hydroxylation sites is 1. The Morgan fingerprint density at radius 3 is 2.79 bits per heavy atom. The Kier molecular flexibility index (Phi) is 8.06. The third-order valence-corrected chi connectivity index (χ3v) is 5.55. The highest BCUT2D eigenvalue weighted by Gasteiger charge is 2.15. The highest BCUT2D eigenvalue weighted by Crippen LogP contribution is 2.32. The van der Waals surface area contributed by atoms with E-state index in [0.29, 0.717) is 23.7 Å². The van der Waals surface area contributed by atoms with Crippen LogP contribution in [0.5, 0.6) is 5.75 Å². The molecule has 1 N–H and O–H groups in total. The van der Waals surface area contributed by atoms with Gasteiger partial charge in [-0.25, -0.2) is 4.98 Å². The van der Waals surface area contributed by atoms with Crippen LogP contribution in [0.2, 0.25) is 5.02 Å². The summed E-state index contributed by atoms with van der Waals surface area (Å²) in [6.45, 7) is 8.20. The van der Waals surface area contributed by atoms with Crippen LogP contribution < -0.4 is 10.1 Å². The third-order valence-electron chi connectivity index (χ3n) is 5.23. The second-order valence-corrected chi connectivity index (χ2v) is 8.23. The molecule has 0 spiro atoms. The van der Waals surface area contributed by atoms with E-state index in [1.807, 2.05) is 52.2 Å². The van der Waals surface area contributed by atoms with Crippen LogP contribution in [0.1, 0.15) is 35.7 Å². The first-order chi connectivity index (χ1) is 15.8. The van der Waals surface area contributed by atoms with Gasteiger partial charge >= 0.3 is 0 Å². The van der Waals surface area contributed by atoms with E-state index in [1.54, 1.807) is 18.5 Å². The predicted octanol–water partition coefficient (Wildman–Crippen LogP) is 5.29. The van der Waals surface area contributed by atoms with Crippen molar-refractivity contribution < 1.29 is 9.53 Å². The number of nitrogens with one attached hydrogen (secondary N) is 1. The smallest absolute Gasteiger partial charge is 0.219 e. The minimum atomic E-state index is -0.0348. The van der Waals surface area contributed by atoms with Crippen LogP contribution in [-0.4, -0.2) is 34.9 Å². The molecule has 0 aliphatic heterocycles. The van der Waals surface area contributed by atoms with Gasteiger partial charge in [-0.15, -0.1) is 0 Å². The first kappa shape index (κ1) is 24.3. The molecule has 7 heteroatoms. The molecule has 0 saturated carbocycles. The van der Waals surface area contributed by atoms with E-state index in [0.717, 1.165) is 39.0 Å². The Hall–Kier alpha value is -3.38. The molecule has 2 heterocycles. The van der Waals surface area contributed by atoms with Gasteiger partial charge in [-0.3, -0.25) is 9.78 Å². The molecule has 1 aromatic carbocycles. The largest absolute Gasteiger partial charge is 0.487 e. The van der Waals surface area contributed by atoms with Crippen molar-refractivity contribution in [1.82, 2.24) is 20.2 Å². The Bertz CT molecular complexity index is 1200. The standard InChI is InChI=1S/C26H29ClN4O2/c1-6-9-23(31(4)5)20-12-17(3)30-26-19(20)10-8-11-24(26)33-16-21-18(13-28-15-22(21)27)14-29-25(32)7-2/h6,8-13,15H,1,7,14,16H2,2-5H3,(H,29,32)/b23-9-. The summed E-state index contributed by atoms with van der Waals surface area (Å²) in [6, 6.07) is 7.96. The van der Waals surface area contributed by atoms with Gasteiger partial charge in [0.25, 0.3) is 0 Å². The molecule has 0 aliphatic carbocycles. The van der Waals surface area contributed by atoms with Crippen molar-refractivity contribution in [2.45, 2.75) is 33.4 Å². The minimum Gasteiger partial charge on any atom is -0.487 e. The van der Waals surface area contributed by atoms with Crippen LogP contribution in [0, 0.1) is 6.92 Å². The zero-order valence-corrected chi connectivity index (χ0v) is 20.2. The number of nitrogens with zero attached hydrogens (tertiary/aromatic N) is 3. The molecule has 0 bridgehead atoms. The molecule has 33 heavy (non-hydrogen) atoms. The van der Waals surface area contributed by atoms with Gasteiger partial charge < -0.3 is 15.0 Å². The van der Waals surface area contributed by atoms with Crippen LogP contribution in [0.4, 0.5) is 0 Å². The summed E-state index contributed by atoms with van der Waals surface area (Å²) in [5.74, 6) is 0.623. The minimum absolute atomic E-state index is 0.0348. The topological polar surface area (TPSA) is 67.4 Å². The number of halogens is 1. The van der Waals surface area contributed by atoms with E-state index in [9.17, 15) is 4.79 Å². The average Bonchev–Trinajstić information content (AvgIpc) is 2.79. The lowest BCUT2D eigenvalue weighted by Gasteiger charge is -2.20. The van der Waals surface area contributed by atoms with Crippen molar-refractivity contribution in [2.24, 2.45) is 0 Å². The average molecular weight is 465 g/mol. The number of aromatic nitrogens is 2. The van der Waals surface area contributed by atoms with Crippen LogP contribution >= 0.6 is 11.6 Å². The van der Waals surface area contributed by atoms with Gasteiger partial charge in [0.2, 0.25) is 5.91 Å². The summed E-state index contributed by atoms with van der Waals surface area (Å²) in [5, 5.41) is 4.34. The molecule has 3 aromatic rings. The monoisotopic (exact) mass is 464 g/mol. The fraction of sp³-hybridized carbons (Fsp3) is 0.269. The van der Waals surface area contributed by atoms with Gasteiger partial charge in [0.1, 0.15) is 17.9 Å². The lowest BCUT2D eigenvalue weighted by atomic mass is 10.0. The summed E-state index contributed by atoms with van der Waals surface area (Å²) >= 11 is 6.43. The molecule has 0 fully saturated rings. The van der Waals surface area contributed by atoms with Crippen LogP contribution in [0.25, 0.3) is 16.6 Å². The fourth-order valence-corrected chi connectivity index (χ4v) is 3.79. The molecule has 172 valence electrons. The molecular weight excluding hydrogens is 436 g/mol. The first-order valence-corrected chi connectivity index (χ1v) is 11.1. The maximum absolute atomic E-state index is 11.7. The van der Waals surface area contributed by atoms with Gasteiger partial charge in [0, 0.05) is 67.4 Å². The summed E-state index contributed by atoms with van der Waals surface area (Å²) in [4.78, 5) is 22.7. The zero-order chi connectivity index (χ0) is 24.0. The fourth-order valence-electron chi connectivity index (χ4n) is 3.55. The second-order valence-electron chi connectivity index (χ2n) is 7.82. The Labute approximate surface area is 199 Å². The molecule has 3 rings (SSSR count). The molecule has 0 atom stereocenters.